The molecule has 0 saturated heterocycles. The molecule has 2 aromatic carbocycles. The van der Waals surface area contributed by atoms with E-state index in [1.807, 2.05) is 18.2 Å². The van der Waals surface area contributed by atoms with Crippen LogP contribution in [0.3, 0.4) is 0 Å². The van der Waals surface area contributed by atoms with Crippen LogP contribution in [0.4, 0.5) is 13.2 Å². The van der Waals surface area contributed by atoms with Gasteiger partial charge in [-0.1, -0.05) is 41.6 Å². The van der Waals surface area contributed by atoms with Gasteiger partial charge in [-0.3, -0.25) is 4.79 Å². The summed E-state index contributed by atoms with van der Waals surface area (Å²) in [6, 6.07) is 12.4. The minimum Gasteiger partial charge on any atom is -0.406 e. The van der Waals surface area contributed by atoms with E-state index in [1.165, 1.54) is 40.7 Å². The Labute approximate surface area is 178 Å². The Morgan fingerprint density at radius 1 is 1.17 bits per heavy atom. The third-order valence-electron chi connectivity index (χ3n) is 3.75. The molecule has 0 spiro atoms. The van der Waals surface area contributed by atoms with Gasteiger partial charge in [-0.25, -0.2) is 0 Å². The molecule has 0 aliphatic heterocycles. The van der Waals surface area contributed by atoms with Crippen LogP contribution in [-0.4, -0.2) is 38.2 Å². The highest BCUT2D eigenvalue weighted by molar-refractivity contribution is 7.99. The quantitative estimate of drug-likeness (QED) is 0.515. The Balaban J connectivity index is 1.51. The molecule has 0 unspecified atom stereocenters. The summed E-state index contributed by atoms with van der Waals surface area (Å²) in [5, 5.41) is 15.1. The lowest BCUT2D eigenvalue weighted by atomic mass is 10.2. The minimum absolute atomic E-state index is 0.157. The number of aromatic nitrogens is 4. The summed E-state index contributed by atoms with van der Waals surface area (Å²) in [7, 11) is 0. The molecular weight excluding hydrogens is 443 g/mol. The van der Waals surface area contributed by atoms with E-state index in [9.17, 15) is 18.0 Å². The number of benzene rings is 2. The van der Waals surface area contributed by atoms with Crippen LogP contribution in [0.1, 0.15) is 12.0 Å². The zero-order chi connectivity index (χ0) is 21.6. The molecule has 0 aliphatic carbocycles. The summed E-state index contributed by atoms with van der Waals surface area (Å²) >= 11 is 7.30. The maximum Gasteiger partial charge on any atom is 0.573 e. The third kappa shape index (κ3) is 6.36. The summed E-state index contributed by atoms with van der Waals surface area (Å²) in [6.45, 7) is 0.327. The maximum atomic E-state index is 12.3. The number of hydrogen-bond acceptors (Lipinski definition) is 6. The highest BCUT2D eigenvalue weighted by atomic mass is 35.5. The molecule has 158 valence electrons. The zero-order valence-electron chi connectivity index (χ0n) is 15.3. The van der Waals surface area contributed by atoms with Crippen LogP contribution in [0, 0.1) is 0 Å². The van der Waals surface area contributed by atoms with E-state index in [4.69, 9.17) is 11.6 Å². The van der Waals surface area contributed by atoms with Crippen molar-refractivity contribution in [3.63, 3.8) is 0 Å². The molecule has 0 radical (unpaired) electrons. The topological polar surface area (TPSA) is 81.9 Å². The summed E-state index contributed by atoms with van der Waals surface area (Å²) < 4.78 is 42.0. The number of nitrogens with zero attached hydrogens (tertiary/aromatic N) is 4. The Bertz CT molecular complexity index is 998. The van der Waals surface area contributed by atoms with Crippen LogP contribution in [0.5, 0.6) is 5.75 Å². The van der Waals surface area contributed by atoms with Crippen LogP contribution in [-0.2, 0) is 11.3 Å². The van der Waals surface area contributed by atoms with Crippen molar-refractivity contribution < 1.29 is 22.7 Å². The molecule has 30 heavy (non-hydrogen) atoms. The Hall–Kier alpha value is -2.79. The van der Waals surface area contributed by atoms with Gasteiger partial charge in [0.05, 0.1) is 5.69 Å². The Morgan fingerprint density at radius 3 is 2.60 bits per heavy atom. The number of hydrogen-bond donors (Lipinski definition) is 1. The summed E-state index contributed by atoms with van der Waals surface area (Å²) in [5.41, 5.74) is 1.28. The van der Waals surface area contributed by atoms with Crippen molar-refractivity contribution in [2.45, 2.75) is 24.5 Å². The Kier molecular flexibility index (Phi) is 7.16. The van der Waals surface area contributed by atoms with E-state index in [2.05, 4.69) is 25.6 Å². The van der Waals surface area contributed by atoms with E-state index in [1.54, 1.807) is 6.07 Å². The lowest BCUT2D eigenvalue weighted by molar-refractivity contribution is -0.274. The molecular formula is C18H15ClF3N5O2S. The first-order chi connectivity index (χ1) is 14.3. The number of alkyl halides is 3. The molecule has 1 aromatic heterocycles. The van der Waals surface area contributed by atoms with Crippen LogP contribution in [0.25, 0.3) is 5.69 Å². The van der Waals surface area contributed by atoms with Crippen molar-refractivity contribution in [3.05, 3.63) is 59.1 Å². The molecule has 7 nitrogen and oxygen atoms in total. The number of nitrogens with one attached hydrogen (secondary N) is 1. The molecule has 0 aliphatic rings. The van der Waals surface area contributed by atoms with Gasteiger partial charge in [-0.05, 0) is 46.3 Å². The number of thioether (sulfide) groups is 1. The first kappa shape index (κ1) is 21.9. The molecule has 0 atom stereocenters. The van der Waals surface area contributed by atoms with E-state index in [0.29, 0.717) is 28.2 Å². The predicted molar refractivity (Wildman–Crippen MR) is 104 cm³/mol. The number of rotatable bonds is 8. The van der Waals surface area contributed by atoms with Gasteiger partial charge in [-0.15, -0.1) is 18.3 Å². The largest absolute Gasteiger partial charge is 0.573 e. The van der Waals surface area contributed by atoms with Crippen LogP contribution in [0.15, 0.2) is 53.7 Å². The van der Waals surface area contributed by atoms with E-state index in [-0.39, 0.29) is 18.1 Å². The summed E-state index contributed by atoms with van der Waals surface area (Å²) in [6.07, 6.45) is -4.54. The van der Waals surface area contributed by atoms with Gasteiger partial charge in [-0.2, -0.15) is 4.68 Å². The number of tetrazole rings is 1. The zero-order valence-corrected chi connectivity index (χ0v) is 16.8. The minimum atomic E-state index is -4.76. The molecule has 1 amide bonds. The van der Waals surface area contributed by atoms with Crippen molar-refractivity contribution in [1.29, 1.82) is 0 Å². The molecule has 1 heterocycles. The number of amides is 1. The van der Waals surface area contributed by atoms with Crippen LogP contribution in [0.2, 0.25) is 5.02 Å². The van der Waals surface area contributed by atoms with E-state index < -0.39 is 6.36 Å². The Morgan fingerprint density at radius 2 is 1.90 bits per heavy atom. The van der Waals surface area contributed by atoms with Crippen molar-refractivity contribution in [3.8, 4) is 11.4 Å². The van der Waals surface area contributed by atoms with Crippen molar-refractivity contribution in [2.24, 2.45) is 0 Å². The van der Waals surface area contributed by atoms with Gasteiger partial charge in [0.1, 0.15) is 5.75 Å². The standard InChI is InChI=1S/C18H15ClF3N5O2S/c19-15-4-2-1-3-12(15)11-23-16(28)9-10-30-17-24-25-26-27(17)13-5-7-14(8-6-13)29-18(20,21)22/h1-8H,9-11H2,(H,23,28). The van der Waals surface area contributed by atoms with Crippen molar-refractivity contribution >= 4 is 29.3 Å². The molecule has 0 saturated carbocycles. The predicted octanol–water partition coefficient (Wildman–Crippen LogP) is 4.01. The first-order valence-corrected chi connectivity index (χ1v) is 9.95. The van der Waals surface area contributed by atoms with Gasteiger partial charge in [0.15, 0.2) is 0 Å². The second-order valence-electron chi connectivity index (χ2n) is 5.88. The third-order valence-corrected chi connectivity index (χ3v) is 5.04. The van der Waals surface area contributed by atoms with E-state index in [0.717, 1.165) is 5.56 Å². The van der Waals surface area contributed by atoms with Crippen molar-refractivity contribution in [1.82, 2.24) is 25.5 Å². The normalized spacial score (nSPS) is 11.3. The van der Waals surface area contributed by atoms with Gasteiger partial charge in [0.2, 0.25) is 11.1 Å². The lowest BCUT2D eigenvalue weighted by Crippen LogP contribution is -2.23. The number of halogens is 4. The number of ether oxygens (including phenoxy) is 1. The SMILES string of the molecule is O=C(CCSc1nnnn1-c1ccc(OC(F)(F)F)cc1)NCc1ccccc1Cl. The average Bonchev–Trinajstić information content (AvgIpc) is 3.15. The summed E-state index contributed by atoms with van der Waals surface area (Å²) in [4.78, 5) is 12.0. The fourth-order valence-corrected chi connectivity index (χ4v) is 3.41. The molecule has 1 N–H and O–H groups in total. The highest BCUT2D eigenvalue weighted by Gasteiger charge is 2.31. The van der Waals surface area contributed by atoms with Crippen LogP contribution >= 0.6 is 23.4 Å². The van der Waals surface area contributed by atoms with Gasteiger partial charge >= 0.3 is 6.36 Å². The summed E-state index contributed by atoms with van der Waals surface area (Å²) in [5.74, 6) is -0.0944. The van der Waals surface area contributed by atoms with Gasteiger partial charge in [0, 0.05) is 23.7 Å². The second-order valence-corrected chi connectivity index (χ2v) is 7.35. The average molecular weight is 458 g/mol. The van der Waals surface area contributed by atoms with Crippen LogP contribution < -0.4 is 10.1 Å². The van der Waals surface area contributed by atoms with Crippen molar-refractivity contribution in [2.75, 3.05) is 5.75 Å². The smallest absolute Gasteiger partial charge is 0.406 e. The van der Waals surface area contributed by atoms with Gasteiger partial charge < -0.3 is 10.1 Å². The molecule has 0 bridgehead atoms. The fourth-order valence-electron chi connectivity index (χ4n) is 2.38. The second kappa shape index (κ2) is 9.81. The molecule has 0 fully saturated rings. The lowest BCUT2D eigenvalue weighted by Gasteiger charge is -2.09. The first-order valence-electron chi connectivity index (χ1n) is 8.59. The molecule has 3 rings (SSSR count). The fraction of sp³-hybridized carbons (Fsp3) is 0.222. The maximum absolute atomic E-state index is 12.3. The number of carbonyl (C=O) groups excluding carboxylic acids is 1. The highest BCUT2D eigenvalue weighted by Crippen LogP contribution is 2.25. The van der Waals surface area contributed by atoms with E-state index >= 15 is 0 Å². The van der Waals surface area contributed by atoms with Gasteiger partial charge in [0.25, 0.3) is 0 Å². The number of carbonyl (C=O) groups is 1. The monoisotopic (exact) mass is 457 g/mol. The molecule has 12 heteroatoms. The molecule has 3 aromatic rings.